The SMILES string of the molecule is Cc1c(N=Cc2ccc(-c3cc([N+](=O)[O-])ccc3Cl)o2)c(=O)n(-c2ccccc2)n1C. The molecular formula is C22H17ClN4O4. The Hall–Kier alpha value is -3.91. The predicted octanol–water partition coefficient (Wildman–Crippen LogP) is 5.06. The van der Waals surface area contributed by atoms with Gasteiger partial charge in [-0.15, -0.1) is 0 Å². The first kappa shape index (κ1) is 20.4. The van der Waals surface area contributed by atoms with Crippen molar-refractivity contribution in [3.05, 3.63) is 97.6 Å². The second-order valence-corrected chi connectivity index (χ2v) is 7.20. The van der Waals surface area contributed by atoms with Gasteiger partial charge in [0.05, 0.1) is 27.5 Å². The van der Waals surface area contributed by atoms with E-state index in [0.717, 1.165) is 5.69 Å². The summed E-state index contributed by atoms with van der Waals surface area (Å²) in [6.07, 6.45) is 1.44. The molecule has 0 radical (unpaired) electrons. The highest BCUT2D eigenvalue weighted by Gasteiger charge is 2.16. The Balaban J connectivity index is 1.68. The molecule has 0 unspecified atom stereocenters. The zero-order chi connectivity index (χ0) is 22.1. The molecule has 0 aliphatic carbocycles. The van der Waals surface area contributed by atoms with Gasteiger partial charge in [-0.2, -0.15) is 0 Å². The van der Waals surface area contributed by atoms with E-state index in [1.54, 1.807) is 28.5 Å². The van der Waals surface area contributed by atoms with Gasteiger partial charge in [0.2, 0.25) is 0 Å². The molecule has 0 saturated carbocycles. The molecule has 2 heterocycles. The van der Waals surface area contributed by atoms with Crippen molar-refractivity contribution >= 4 is 29.2 Å². The van der Waals surface area contributed by atoms with Gasteiger partial charge in [-0.1, -0.05) is 29.8 Å². The molecule has 0 amide bonds. The fraction of sp³-hybridized carbons (Fsp3) is 0.0909. The summed E-state index contributed by atoms with van der Waals surface area (Å²) in [5.41, 5.74) is 1.78. The van der Waals surface area contributed by atoms with E-state index in [1.807, 2.05) is 37.3 Å². The minimum absolute atomic E-state index is 0.0904. The van der Waals surface area contributed by atoms with E-state index in [0.29, 0.717) is 27.8 Å². The van der Waals surface area contributed by atoms with Gasteiger partial charge in [0.25, 0.3) is 11.2 Å². The average molecular weight is 437 g/mol. The summed E-state index contributed by atoms with van der Waals surface area (Å²) in [6.45, 7) is 1.81. The molecule has 0 atom stereocenters. The Morgan fingerprint density at radius 1 is 1.13 bits per heavy atom. The van der Waals surface area contributed by atoms with Crippen LogP contribution < -0.4 is 5.56 Å². The van der Waals surface area contributed by atoms with Crippen molar-refractivity contribution in [2.45, 2.75) is 6.92 Å². The molecule has 0 spiro atoms. The van der Waals surface area contributed by atoms with Gasteiger partial charge in [-0.05, 0) is 37.3 Å². The number of nitro groups is 1. The lowest BCUT2D eigenvalue weighted by atomic mass is 10.1. The van der Waals surface area contributed by atoms with Crippen LogP contribution >= 0.6 is 11.6 Å². The third kappa shape index (κ3) is 3.80. The standard InChI is InChI=1S/C22H17ClN4O4/c1-14-21(22(28)26(25(14)2)15-6-4-3-5-7-15)24-13-17-9-11-20(31-17)18-12-16(27(29)30)8-10-19(18)23/h3-13H,1-2H3. The minimum Gasteiger partial charge on any atom is -0.455 e. The lowest BCUT2D eigenvalue weighted by molar-refractivity contribution is -0.384. The molecule has 2 aromatic heterocycles. The Labute approximate surface area is 181 Å². The summed E-state index contributed by atoms with van der Waals surface area (Å²) in [7, 11) is 1.79. The molecule has 4 aromatic rings. The molecule has 2 aromatic carbocycles. The topological polar surface area (TPSA) is 95.6 Å². The van der Waals surface area contributed by atoms with E-state index < -0.39 is 4.92 Å². The molecule has 31 heavy (non-hydrogen) atoms. The smallest absolute Gasteiger partial charge is 0.297 e. The number of non-ortho nitro benzene ring substituents is 1. The van der Waals surface area contributed by atoms with E-state index in [4.69, 9.17) is 16.0 Å². The second kappa shape index (κ2) is 8.08. The van der Waals surface area contributed by atoms with Gasteiger partial charge in [0, 0.05) is 24.7 Å². The maximum absolute atomic E-state index is 12.9. The maximum Gasteiger partial charge on any atom is 0.297 e. The number of rotatable bonds is 5. The molecule has 0 aliphatic heterocycles. The summed E-state index contributed by atoms with van der Waals surface area (Å²) < 4.78 is 9.01. The van der Waals surface area contributed by atoms with Crippen molar-refractivity contribution in [3.8, 4) is 17.0 Å². The predicted molar refractivity (Wildman–Crippen MR) is 119 cm³/mol. The third-order valence-corrected chi connectivity index (χ3v) is 5.23. The van der Waals surface area contributed by atoms with Gasteiger partial charge in [0.1, 0.15) is 11.5 Å². The Morgan fingerprint density at radius 3 is 2.58 bits per heavy atom. The number of aliphatic imine (C=N–C) groups is 1. The van der Waals surface area contributed by atoms with Gasteiger partial charge in [-0.3, -0.25) is 19.6 Å². The highest BCUT2D eigenvalue weighted by Crippen LogP contribution is 2.32. The highest BCUT2D eigenvalue weighted by atomic mass is 35.5. The summed E-state index contributed by atoms with van der Waals surface area (Å²) in [6, 6.07) is 16.7. The lowest BCUT2D eigenvalue weighted by Gasteiger charge is -2.07. The van der Waals surface area contributed by atoms with Crippen LogP contribution in [-0.4, -0.2) is 20.5 Å². The van der Waals surface area contributed by atoms with Crippen molar-refractivity contribution < 1.29 is 9.34 Å². The van der Waals surface area contributed by atoms with Crippen molar-refractivity contribution in [3.63, 3.8) is 0 Å². The number of nitrogens with zero attached hydrogens (tertiary/aromatic N) is 4. The van der Waals surface area contributed by atoms with Gasteiger partial charge in [0.15, 0.2) is 5.69 Å². The number of aromatic nitrogens is 2. The molecule has 9 heteroatoms. The fourth-order valence-corrected chi connectivity index (χ4v) is 3.42. The van der Waals surface area contributed by atoms with Gasteiger partial charge in [-0.25, -0.2) is 9.67 Å². The van der Waals surface area contributed by atoms with E-state index in [-0.39, 0.29) is 16.9 Å². The van der Waals surface area contributed by atoms with Crippen LogP contribution in [-0.2, 0) is 7.05 Å². The molecule has 0 bridgehead atoms. The van der Waals surface area contributed by atoms with Gasteiger partial charge >= 0.3 is 0 Å². The van der Waals surface area contributed by atoms with Crippen molar-refractivity contribution in [1.29, 1.82) is 0 Å². The first-order valence-corrected chi connectivity index (χ1v) is 9.67. The largest absolute Gasteiger partial charge is 0.455 e. The lowest BCUT2D eigenvalue weighted by Crippen LogP contribution is -2.19. The van der Waals surface area contributed by atoms with E-state index in [9.17, 15) is 14.9 Å². The van der Waals surface area contributed by atoms with Crippen molar-refractivity contribution in [2.75, 3.05) is 0 Å². The zero-order valence-electron chi connectivity index (χ0n) is 16.7. The quantitative estimate of drug-likeness (QED) is 0.248. The number of halogens is 1. The van der Waals surface area contributed by atoms with Crippen molar-refractivity contribution in [1.82, 2.24) is 9.36 Å². The zero-order valence-corrected chi connectivity index (χ0v) is 17.4. The number of benzene rings is 2. The van der Waals surface area contributed by atoms with Crippen LogP contribution in [0.15, 0.2) is 74.9 Å². The Morgan fingerprint density at radius 2 is 1.87 bits per heavy atom. The first-order chi connectivity index (χ1) is 14.9. The van der Waals surface area contributed by atoms with Crippen LogP contribution in [0.5, 0.6) is 0 Å². The Bertz CT molecular complexity index is 1370. The van der Waals surface area contributed by atoms with Crippen molar-refractivity contribution in [2.24, 2.45) is 12.0 Å². The number of furan rings is 1. The van der Waals surface area contributed by atoms with Crippen LogP contribution in [0, 0.1) is 17.0 Å². The molecule has 0 fully saturated rings. The maximum atomic E-state index is 12.9. The summed E-state index contributed by atoms with van der Waals surface area (Å²) in [4.78, 5) is 27.8. The minimum atomic E-state index is -0.499. The van der Waals surface area contributed by atoms with Crippen LogP contribution in [0.2, 0.25) is 5.02 Å². The fourth-order valence-electron chi connectivity index (χ4n) is 3.21. The number of hydrogen-bond donors (Lipinski definition) is 0. The van der Waals surface area contributed by atoms with E-state index in [1.165, 1.54) is 24.4 Å². The van der Waals surface area contributed by atoms with Crippen LogP contribution in [0.1, 0.15) is 11.5 Å². The summed E-state index contributed by atoms with van der Waals surface area (Å²) in [5.74, 6) is 0.744. The molecule has 0 N–H and O–H groups in total. The molecule has 4 rings (SSSR count). The van der Waals surface area contributed by atoms with E-state index >= 15 is 0 Å². The molecule has 156 valence electrons. The number of nitro benzene ring substituents is 1. The second-order valence-electron chi connectivity index (χ2n) is 6.79. The van der Waals surface area contributed by atoms with Crippen LogP contribution in [0.4, 0.5) is 11.4 Å². The van der Waals surface area contributed by atoms with Gasteiger partial charge < -0.3 is 4.42 Å². The molecular weight excluding hydrogens is 420 g/mol. The first-order valence-electron chi connectivity index (χ1n) is 9.29. The van der Waals surface area contributed by atoms with Crippen LogP contribution in [0.3, 0.4) is 0 Å². The van der Waals surface area contributed by atoms with E-state index in [2.05, 4.69) is 4.99 Å². The number of hydrogen-bond acceptors (Lipinski definition) is 5. The summed E-state index contributed by atoms with van der Waals surface area (Å²) >= 11 is 6.17. The normalized spacial score (nSPS) is 11.3. The molecule has 0 aliphatic rings. The molecule has 0 saturated heterocycles. The summed E-state index contributed by atoms with van der Waals surface area (Å²) in [5, 5.41) is 11.4. The highest BCUT2D eigenvalue weighted by molar-refractivity contribution is 6.33. The van der Waals surface area contributed by atoms with Crippen LogP contribution in [0.25, 0.3) is 17.0 Å². The third-order valence-electron chi connectivity index (χ3n) is 4.90. The number of para-hydroxylation sites is 1. The Kier molecular flexibility index (Phi) is 5.31. The average Bonchev–Trinajstić information content (AvgIpc) is 3.30. The monoisotopic (exact) mass is 436 g/mol. The molecule has 8 nitrogen and oxygen atoms in total.